The van der Waals surface area contributed by atoms with Crippen LogP contribution < -0.4 is 0 Å². The third kappa shape index (κ3) is 3.07. The summed E-state index contributed by atoms with van der Waals surface area (Å²) >= 11 is 0. The molecule has 4 nitrogen and oxygen atoms in total. The Morgan fingerprint density at radius 3 is 2.47 bits per heavy atom. The zero-order valence-corrected chi connectivity index (χ0v) is 20.0. The maximum absolute atomic E-state index is 13.4. The molecule has 1 heterocycles. The lowest BCUT2D eigenvalue weighted by molar-refractivity contribution is -0.144. The second kappa shape index (κ2) is 7.67. The van der Waals surface area contributed by atoms with E-state index in [1.807, 2.05) is 6.08 Å². The highest BCUT2D eigenvalue weighted by atomic mass is 16.2. The molecule has 3 fully saturated rings. The van der Waals surface area contributed by atoms with Gasteiger partial charge in [0.25, 0.3) is 0 Å². The van der Waals surface area contributed by atoms with Crippen molar-refractivity contribution in [3.8, 4) is 0 Å². The topological polar surface area (TPSA) is 40.6 Å². The summed E-state index contributed by atoms with van der Waals surface area (Å²) in [6.07, 6.45) is 8.28. The van der Waals surface area contributed by atoms with Crippen LogP contribution in [0, 0.1) is 34.5 Å². The van der Waals surface area contributed by atoms with E-state index in [4.69, 9.17) is 0 Å². The number of ketones is 1. The van der Waals surface area contributed by atoms with Gasteiger partial charge >= 0.3 is 0 Å². The molecule has 168 valence electrons. The summed E-state index contributed by atoms with van der Waals surface area (Å²) in [7, 11) is 0. The first kappa shape index (κ1) is 21.9. The lowest BCUT2D eigenvalue weighted by atomic mass is 9.49. The van der Waals surface area contributed by atoms with Crippen molar-refractivity contribution < 1.29 is 9.59 Å². The van der Waals surface area contributed by atoms with Gasteiger partial charge in [0.2, 0.25) is 5.91 Å². The van der Waals surface area contributed by atoms with Crippen molar-refractivity contribution in [2.45, 2.75) is 86.1 Å². The Balaban J connectivity index is 1.67. The first-order valence-corrected chi connectivity index (χ1v) is 12.5. The molecule has 0 N–H and O–H groups in total. The second-order valence-electron chi connectivity index (χ2n) is 11.2. The first-order valence-electron chi connectivity index (χ1n) is 12.5. The Hall–Kier alpha value is -1.32. The lowest BCUT2D eigenvalue weighted by Gasteiger charge is -2.61. The van der Waals surface area contributed by atoms with Crippen molar-refractivity contribution in [3.05, 3.63) is 11.8 Å². The van der Waals surface area contributed by atoms with E-state index in [2.05, 4.69) is 51.3 Å². The van der Waals surface area contributed by atoms with Gasteiger partial charge in [0.05, 0.1) is 0 Å². The van der Waals surface area contributed by atoms with Crippen LogP contribution in [0.2, 0.25) is 0 Å². The summed E-state index contributed by atoms with van der Waals surface area (Å²) < 4.78 is 0. The Morgan fingerprint density at radius 1 is 1.13 bits per heavy atom. The molecule has 0 aromatic carbocycles. The summed E-state index contributed by atoms with van der Waals surface area (Å²) in [5.74, 6) is 2.79. The quantitative estimate of drug-likeness (QED) is 0.657. The van der Waals surface area contributed by atoms with Gasteiger partial charge in [-0.2, -0.15) is 0 Å². The first-order chi connectivity index (χ1) is 14.2. The number of fused-ring (bicyclic) bond motifs is 5. The zero-order valence-electron chi connectivity index (χ0n) is 20.0. The molecular formula is C26H42N2O2. The minimum atomic E-state index is 0.114. The van der Waals surface area contributed by atoms with Crippen molar-refractivity contribution in [2.24, 2.45) is 34.5 Å². The van der Waals surface area contributed by atoms with Crippen molar-refractivity contribution in [2.75, 3.05) is 19.6 Å². The van der Waals surface area contributed by atoms with Crippen LogP contribution in [0.3, 0.4) is 0 Å². The maximum Gasteiger partial charge on any atom is 0.226 e. The van der Waals surface area contributed by atoms with Gasteiger partial charge in [0.15, 0.2) is 5.78 Å². The molecule has 3 aliphatic carbocycles. The molecule has 4 aliphatic rings. The number of nitrogens with zero attached hydrogens (tertiary/aromatic N) is 2. The van der Waals surface area contributed by atoms with E-state index in [0.29, 0.717) is 41.9 Å². The summed E-state index contributed by atoms with van der Waals surface area (Å²) in [6, 6.07) is 0.408. The molecule has 1 saturated heterocycles. The third-order valence-corrected chi connectivity index (χ3v) is 9.74. The fourth-order valence-corrected chi connectivity index (χ4v) is 8.00. The fourth-order valence-electron chi connectivity index (χ4n) is 8.00. The Labute approximate surface area is 183 Å². The van der Waals surface area contributed by atoms with Crippen LogP contribution in [-0.2, 0) is 9.59 Å². The van der Waals surface area contributed by atoms with Crippen molar-refractivity contribution >= 4 is 11.7 Å². The standard InChI is InChI=1S/C26H42N2O2/c1-7-27(8-2)24(30)22-10-9-20-19-16-28(17(3)4)23-15-18(29)11-13-26(23,6)21(19)12-14-25(20,22)5/h15,17,19-22H,7-14,16H2,1-6H3/t19-,20-,21-,22+,25-,26+/m0/s1. The maximum atomic E-state index is 13.4. The van der Waals surface area contributed by atoms with Crippen LogP contribution in [0.5, 0.6) is 0 Å². The highest BCUT2D eigenvalue weighted by molar-refractivity contribution is 5.91. The Bertz CT molecular complexity index is 739. The fraction of sp³-hybridized carbons (Fsp3) is 0.846. The van der Waals surface area contributed by atoms with Crippen LogP contribution in [0.4, 0.5) is 0 Å². The van der Waals surface area contributed by atoms with Crippen LogP contribution in [0.15, 0.2) is 11.8 Å². The zero-order chi connectivity index (χ0) is 21.8. The van der Waals surface area contributed by atoms with Crippen molar-refractivity contribution in [1.29, 1.82) is 0 Å². The predicted molar refractivity (Wildman–Crippen MR) is 121 cm³/mol. The number of hydrogen-bond acceptors (Lipinski definition) is 3. The van der Waals surface area contributed by atoms with Crippen molar-refractivity contribution in [3.63, 3.8) is 0 Å². The number of likely N-dealkylation sites (tertiary alicyclic amines) is 1. The lowest BCUT2D eigenvalue weighted by Crippen LogP contribution is -2.59. The second-order valence-corrected chi connectivity index (χ2v) is 11.2. The molecule has 0 unspecified atom stereocenters. The summed E-state index contributed by atoms with van der Waals surface area (Å²) in [4.78, 5) is 30.3. The smallest absolute Gasteiger partial charge is 0.226 e. The third-order valence-electron chi connectivity index (χ3n) is 9.74. The molecular weight excluding hydrogens is 372 g/mol. The number of amides is 1. The minimum Gasteiger partial charge on any atom is -0.372 e. The summed E-state index contributed by atoms with van der Waals surface area (Å²) in [5, 5.41) is 0. The van der Waals surface area contributed by atoms with E-state index >= 15 is 0 Å². The van der Waals surface area contributed by atoms with E-state index in [9.17, 15) is 9.59 Å². The highest BCUT2D eigenvalue weighted by Crippen LogP contribution is 2.65. The monoisotopic (exact) mass is 414 g/mol. The molecule has 0 aromatic rings. The Kier molecular flexibility index (Phi) is 5.60. The van der Waals surface area contributed by atoms with Gasteiger partial charge in [-0.15, -0.1) is 0 Å². The van der Waals surface area contributed by atoms with Gasteiger partial charge in [-0.3, -0.25) is 9.59 Å². The molecule has 0 aromatic heterocycles. The average Bonchev–Trinajstić information content (AvgIpc) is 3.06. The molecule has 1 amide bonds. The highest BCUT2D eigenvalue weighted by Gasteiger charge is 2.61. The summed E-state index contributed by atoms with van der Waals surface area (Å²) in [5.41, 5.74) is 1.56. The molecule has 6 atom stereocenters. The van der Waals surface area contributed by atoms with Crippen LogP contribution in [0.1, 0.15) is 80.1 Å². The molecule has 4 heteroatoms. The van der Waals surface area contributed by atoms with E-state index in [1.165, 1.54) is 18.5 Å². The number of rotatable bonds is 4. The molecule has 30 heavy (non-hydrogen) atoms. The molecule has 0 radical (unpaired) electrons. The Morgan fingerprint density at radius 2 is 1.83 bits per heavy atom. The SMILES string of the molecule is CCN(CC)C(=O)[C@H]1CC[C@H]2[C@@H]3CN(C(C)C)C4=CC(=O)CC[C@]4(C)[C@H]3CC[C@]12C. The van der Waals surface area contributed by atoms with Gasteiger partial charge in [-0.05, 0) is 83.0 Å². The number of carbonyl (C=O) groups excluding carboxylic acids is 2. The van der Waals surface area contributed by atoms with Crippen LogP contribution >= 0.6 is 0 Å². The number of carbonyl (C=O) groups is 2. The molecule has 2 saturated carbocycles. The average molecular weight is 415 g/mol. The van der Waals surface area contributed by atoms with Gasteiger partial charge < -0.3 is 9.80 Å². The van der Waals surface area contributed by atoms with E-state index < -0.39 is 0 Å². The molecule has 1 aliphatic heterocycles. The number of hydrogen-bond donors (Lipinski definition) is 0. The molecule has 4 rings (SSSR count). The van der Waals surface area contributed by atoms with Crippen LogP contribution in [0.25, 0.3) is 0 Å². The number of piperidine rings is 1. The number of allylic oxidation sites excluding steroid dienone is 2. The summed E-state index contributed by atoms with van der Waals surface area (Å²) in [6.45, 7) is 16.3. The van der Waals surface area contributed by atoms with Gasteiger partial charge in [0.1, 0.15) is 0 Å². The molecule has 0 spiro atoms. The predicted octanol–water partition coefficient (Wildman–Crippen LogP) is 4.89. The van der Waals surface area contributed by atoms with Crippen LogP contribution in [-0.4, -0.2) is 47.2 Å². The van der Waals surface area contributed by atoms with E-state index in [-0.39, 0.29) is 16.7 Å². The van der Waals surface area contributed by atoms with Gasteiger partial charge in [-0.25, -0.2) is 0 Å². The van der Waals surface area contributed by atoms with E-state index in [1.54, 1.807) is 0 Å². The molecule has 0 bridgehead atoms. The normalized spacial score (nSPS) is 40.6. The van der Waals surface area contributed by atoms with Gasteiger partial charge in [-0.1, -0.05) is 13.8 Å². The largest absolute Gasteiger partial charge is 0.372 e. The van der Waals surface area contributed by atoms with Gasteiger partial charge in [0, 0.05) is 55.2 Å². The minimum absolute atomic E-state index is 0.114. The van der Waals surface area contributed by atoms with Crippen molar-refractivity contribution in [1.82, 2.24) is 9.80 Å². The van der Waals surface area contributed by atoms with E-state index in [0.717, 1.165) is 38.9 Å².